The van der Waals surface area contributed by atoms with E-state index in [0.717, 1.165) is 28.5 Å². The molecule has 0 spiro atoms. The standard InChI is InChI=1S/2C11H16P.Fe/c2*1-2-6-10(7-3-1)12-11-8-4-5-9-11;/h2*4-5,8-10,12H,1-3,6-7H2;/q;;+2. The van der Waals surface area contributed by atoms with Crippen molar-refractivity contribution < 1.29 is 17.1 Å². The molecule has 0 N–H and O–H groups in total. The average molecular weight is 414 g/mol. The Hall–Kier alpha value is 1.38. The Kier molecular flexibility index (Phi) is 12.3. The second-order valence-electron chi connectivity index (χ2n) is 7.31. The van der Waals surface area contributed by atoms with Crippen LogP contribution in [0.5, 0.6) is 0 Å². The molecule has 3 heteroatoms. The van der Waals surface area contributed by atoms with Crippen molar-refractivity contribution in [2.75, 3.05) is 0 Å². The van der Waals surface area contributed by atoms with Crippen molar-refractivity contribution in [3.05, 3.63) is 62.7 Å². The molecule has 2 atom stereocenters. The summed E-state index contributed by atoms with van der Waals surface area (Å²) in [6, 6.07) is 0. The van der Waals surface area contributed by atoms with Gasteiger partial charge >= 0.3 is 17.1 Å². The quantitative estimate of drug-likeness (QED) is 0.354. The maximum atomic E-state index is 2.27. The van der Waals surface area contributed by atoms with Crippen LogP contribution in [0.15, 0.2) is 0 Å². The van der Waals surface area contributed by atoms with E-state index in [1.165, 1.54) is 64.2 Å². The van der Waals surface area contributed by atoms with Gasteiger partial charge in [-0.25, -0.2) is 0 Å². The van der Waals surface area contributed by atoms with Crippen LogP contribution in [-0.4, -0.2) is 11.3 Å². The molecule has 4 saturated carbocycles. The Bertz CT molecular complexity index is 280. The summed E-state index contributed by atoms with van der Waals surface area (Å²) in [5.74, 6) is 0. The largest absolute Gasteiger partial charge is 2.00 e. The first kappa shape index (κ1) is 22.7. The maximum Gasteiger partial charge on any atom is 2.00 e. The summed E-state index contributed by atoms with van der Waals surface area (Å²) in [4.78, 5) is 0. The van der Waals surface area contributed by atoms with Gasteiger partial charge in [-0.05, 0) is 88.4 Å². The van der Waals surface area contributed by atoms with Crippen molar-refractivity contribution in [1.82, 2.24) is 0 Å². The zero-order valence-electron chi connectivity index (χ0n) is 15.2. The molecule has 0 aromatic rings. The summed E-state index contributed by atoms with van der Waals surface area (Å²) < 4.78 is 0. The predicted octanol–water partition coefficient (Wildman–Crippen LogP) is 6.72. The smallest absolute Gasteiger partial charge is 0.111 e. The van der Waals surface area contributed by atoms with E-state index >= 15 is 0 Å². The summed E-state index contributed by atoms with van der Waals surface area (Å²) in [6.45, 7) is 0. The van der Waals surface area contributed by atoms with Crippen LogP contribution in [0, 0.1) is 62.7 Å². The van der Waals surface area contributed by atoms with Crippen molar-refractivity contribution in [1.29, 1.82) is 0 Å². The summed E-state index contributed by atoms with van der Waals surface area (Å²) in [5, 5.41) is 0. The van der Waals surface area contributed by atoms with E-state index in [1.807, 2.05) is 0 Å². The fraction of sp³-hybridized carbons (Fsp3) is 0.545. The van der Waals surface area contributed by atoms with Gasteiger partial charge in [0, 0.05) is 11.3 Å². The first-order chi connectivity index (χ1) is 11.9. The van der Waals surface area contributed by atoms with Crippen LogP contribution in [0.25, 0.3) is 0 Å². The minimum absolute atomic E-state index is 0. The second kappa shape index (κ2) is 13.5. The number of hydrogen-bond donors (Lipinski definition) is 0. The SMILES string of the molecule is [CH]1[CH][CH][C](PC2CCCCC2)[CH]1.[CH]1[CH][CH][C](PC2CCCCC2)[CH]1.[Fe+2]. The van der Waals surface area contributed by atoms with E-state index in [1.54, 1.807) is 11.3 Å². The molecule has 0 saturated heterocycles. The number of hydrogen-bond acceptors (Lipinski definition) is 0. The van der Waals surface area contributed by atoms with Gasteiger partial charge in [-0.3, -0.25) is 0 Å². The van der Waals surface area contributed by atoms with Gasteiger partial charge in [0.05, 0.1) is 0 Å². The van der Waals surface area contributed by atoms with E-state index in [0.29, 0.717) is 0 Å². The molecule has 25 heavy (non-hydrogen) atoms. The van der Waals surface area contributed by atoms with Crippen molar-refractivity contribution in [2.45, 2.75) is 75.5 Å². The first-order valence-corrected chi connectivity index (χ1v) is 12.0. The monoisotopic (exact) mass is 414 g/mol. The van der Waals surface area contributed by atoms with Gasteiger partial charge in [0.1, 0.15) is 0 Å². The third kappa shape index (κ3) is 8.95. The summed E-state index contributed by atoms with van der Waals surface area (Å²) >= 11 is 0. The van der Waals surface area contributed by atoms with Gasteiger partial charge in [0.15, 0.2) is 0 Å². The van der Waals surface area contributed by atoms with E-state index in [4.69, 9.17) is 0 Å². The Labute approximate surface area is 172 Å². The molecule has 0 bridgehead atoms. The molecule has 0 heterocycles. The topological polar surface area (TPSA) is 0 Å². The van der Waals surface area contributed by atoms with Crippen LogP contribution in [0.3, 0.4) is 0 Å². The van der Waals surface area contributed by atoms with Crippen LogP contribution in [0.2, 0.25) is 0 Å². The molecule has 0 nitrogen and oxygen atoms in total. The maximum absolute atomic E-state index is 2.27. The number of rotatable bonds is 4. The van der Waals surface area contributed by atoms with Gasteiger partial charge in [0.25, 0.3) is 0 Å². The minimum Gasteiger partial charge on any atom is -0.111 e. The molecule has 4 fully saturated rings. The third-order valence-electron chi connectivity index (χ3n) is 5.28. The molecule has 0 aromatic heterocycles. The van der Waals surface area contributed by atoms with Crippen LogP contribution in [-0.2, 0) is 17.1 Å². The Morgan fingerprint density at radius 2 is 0.840 bits per heavy atom. The molecule has 0 amide bonds. The van der Waals surface area contributed by atoms with E-state index in [9.17, 15) is 0 Å². The van der Waals surface area contributed by atoms with Crippen LogP contribution in [0.1, 0.15) is 64.2 Å². The molecule has 2 unspecified atom stereocenters. The second-order valence-corrected chi connectivity index (χ2v) is 10.7. The zero-order chi connectivity index (χ0) is 16.5. The molecule has 136 valence electrons. The van der Waals surface area contributed by atoms with Gasteiger partial charge < -0.3 is 0 Å². The van der Waals surface area contributed by atoms with Gasteiger partial charge in [0.2, 0.25) is 0 Å². The molecule has 0 aliphatic heterocycles. The van der Waals surface area contributed by atoms with Gasteiger partial charge in [-0.1, -0.05) is 38.5 Å². The minimum atomic E-state index is 0. The molecular formula is C22H32FeP2+2. The summed E-state index contributed by atoms with van der Waals surface area (Å²) in [6.07, 6.45) is 32.4. The van der Waals surface area contributed by atoms with Crippen LogP contribution in [0.4, 0.5) is 0 Å². The molecule has 4 aliphatic carbocycles. The summed E-state index contributed by atoms with van der Waals surface area (Å²) in [7, 11) is 2.16. The zero-order valence-corrected chi connectivity index (χ0v) is 18.3. The van der Waals surface area contributed by atoms with Crippen molar-refractivity contribution in [2.24, 2.45) is 0 Å². The van der Waals surface area contributed by atoms with Crippen LogP contribution < -0.4 is 0 Å². The Balaban J connectivity index is 0.000000173. The molecule has 4 aliphatic rings. The van der Waals surface area contributed by atoms with Crippen molar-refractivity contribution in [3.63, 3.8) is 0 Å². The third-order valence-corrected chi connectivity index (χ3v) is 8.58. The average Bonchev–Trinajstić information content (AvgIpc) is 3.32. The van der Waals surface area contributed by atoms with Gasteiger partial charge in [-0.15, -0.1) is 17.2 Å². The Morgan fingerprint density at radius 1 is 0.520 bits per heavy atom. The van der Waals surface area contributed by atoms with Gasteiger partial charge in [-0.2, -0.15) is 0 Å². The van der Waals surface area contributed by atoms with E-state index in [-0.39, 0.29) is 17.1 Å². The first-order valence-electron chi connectivity index (χ1n) is 9.87. The van der Waals surface area contributed by atoms with Crippen LogP contribution >= 0.6 is 17.2 Å². The van der Waals surface area contributed by atoms with Crippen molar-refractivity contribution in [3.8, 4) is 0 Å². The summed E-state index contributed by atoms with van der Waals surface area (Å²) in [5.41, 5.74) is 5.17. The molecular weight excluding hydrogens is 382 g/mol. The Morgan fingerprint density at radius 3 is 1.16 bits per heavy atom. The fourth-order valence-corrected chi connectivity index (χ4v) is 7.01. The fourth-order valence-electron chi connectivity index (χ4n) is 3.91. The predicted molar refractivity (Wildman–Crippen MR) is 111 cm³/mol. The normalized spacial score (nSPS) is 27.8. The van der Waals surface area contributed by atoms with E-state index < -0.39 is 0 Å². The molecule has 10 radical (unpaired) electrons. The van der Waals surface area contributed by atoms with Crippen molar-refractivity contribution >= 4 is 17.2 Å². The van der Waals surface area contributed by atoms with E-state index in [2.05, 4.69) is 51.4 Å². The molecule has 0 aromatic carbocycles. The molecule has 4 rings (SSSR count).